The van der Waals surface area contributed by atoms with E-state index in [1.807, 2.05) is 6.92 Å². The van der Waals surface area contributed by atoms with Crippen molar-refractivity contribution in [3.63, 3.8) is 0 Å². The maximum Gasteiger partial charge on any atom is 0.309 e. The van der Waals surface area contributed by atoms with Crippen LogP contribution in [0.5, 0.6) is 0 Å². The summed E-state index contributed by atoms with van der Waals surface area (Å²) >= 11 is 0. The fraction of sp³-hybridized carbons (Fsp3) is 0.923. The Kier molecular flexibility index (Phi) is 3.53. The first-order chi connectivity index (χ1) is 7.65. The number of carbonyl (C=O) groups excluding carboxylic acids is 1. The van der Waals surface area contributed by atoms with E-state index in [2.05, 4.69) is 13.8 Å². The fourth-order valence-corrected chi connectivity index (χ4v) is 3.28. The van der Waals surface area contributed by atoms with E-state index in [1.165, 1.54) is 0 Å². The first-order valence-corrected chi connectivity index (χ1v) is 6.47. The highest BCUT2D eigenvalue weighted by Crippen LogP contribution is 2.44. The van der Waals surface area contributed by atoms with Gasteiger partial charge in [0.15, 0.2) is 0 Å². The molecule has 0 N–H and O–H groups in total. The van der Waals surface area contributed by atoms with Gasteiger partial charge in [-0.3, -0.25) is 4.79 Å². The molecule has 3 heteroatoms. The average Bonchev–Trinajstić information content (AvgIpc) is 2.55. The van der Waals surface area contributed by atoms with Gasteiger partial charge in [-0.2, -0.15) is 0 Å². The second-order valence-corrected chi connectivity index (χ2v) is 5.11. The van der Waals surface area contributed by atoms with E-state index in [1.54, 1.807) is 0 Å². The molecular formula is C13H22O3. The first kappa shape index (κ1) is 11.9. The largest absolute Gasteiger partial charge is 0.466 e. The van der Waals surface area contributed by atoms with Crippen LogP contribution in [0.1, 0.15) is 40.0 Å². The minimum absolute atomic E-state index is 0.0123. The van der Waals surface area contributed by atoms with E-state index in [-0.39, 0.29) is 24.1 Å². The van der Waals surface area contributed by atoms with Gasteiger partial charge in [0.25, 0.3) is 0 Å². The van der Waals surface area contributed by atoms with Gasteiger partial charge in [-0.25, -0.2) is 0 Å². The van der Waals surface area contributed by atoms with Crippen LogP contribution >= 0.6 is 0 Å². The molecule has 1 saturated carbocycles. The third-order valence-electron chi connectivity index (χ3n) is 4.22. The highest BCUT2D eigenvalue weighted by atomic mass is 16.5. The molecule has 0 aromatic carbocycles. The van der Waals surface area contributed by atoms with Gasteiger partial charge in [0.1, 0.15) is 0 Å². The Balaban J connectivity index is 2.10. The topological polar surface area (TPSA) is 35.5 Å². The summed E-state index contributed by atoms with van der Waals surface area (Å²) in [6.07, 6.45) is 3.73. The maximum absolute atomic E-state index is 11.9. The number of carbonyl (C=O) groups is 1. The predicted molar refractivity (Wildman–Crippen MR) is 61.0 cm³/mol. The standard InChI is InChI=1S/C13H22O3/c1-4-15-13(14)10-6-5-7-11-12(10)8(2)9(3)16-11/h8-12H,4-7H2,1-3H3/t8-,9+,10+,11-,12-/m0/s1. The molecule has 1 aliphatic heterocycles. The molecule has 2 fully saturated rings. The number of rotatable bonds is 2. The molecule has 3 nitrogen and oxygen atoms in total. The van der Waals surface area contributed by atoms with Crippen molar-refractivity contribution < 1.29 is 14.3 Å². The highest BCUT2D eigenvalue weighted by Gasteiger charge is 2.48. The molecule has 0 aromatic heterocycles. The molecule has 0 radical (unpaired) electrons. The second kappa shape index (κ2) is 4.74. The number of hydrogen-bond acceptors (Lipinski definition) is 3. The number of ether oxygens (including phenoxy) is 2. The van der Waals surface area contributed by atoms with Gasteiger partial charge >= 0.3 is 5.97 Å². The van der Waals surface area contributed by atoms with E-state index in [0.29, 0.717) is 18.4 Å². The molecule has 16 heavy (non-hydrogen) atoms. The highest BCUT2D eigenvalue weighted by molar-refractivity contribution is 5.73. The maximum atomic E-state index is 11.9. The molecule has 0 spiro atoms. The van der Waals surface area contributed by atoms with Gasteiger partial charge < -0.3 is 9.47 Å². The molecule has 2 aliphatic rings. The molecule has 0 unspecified atom stereocenters. The molecule has 0 aromatic rings. The third kappa shape index (κ3) is 1.97. The molecular weight excluding hydrogens is 204 g/mol. The van der Waals surface area contributed by atoms with Crippen molar-refractivity contribution >= 4 is 5.97 Å². The van der Waals surface area contributed by atoms with E-state index >= 15 is 0 Å². The Morgan fingerprint density at radius 1 is 1.38 bits per heavy atom. The first-order valence-electron chi connectivity index (χ1n) is 6.47. The summed E-state index contributed by atoms with van der Waals surface area (Å²) in [5.74, 6) is 0.905. The van der Waals surface area contributed by atoms with Crippen molar-refractivity contribution in [3.8, 4) is 0 Å². The van der Waals surface area contributed by atoms with Crippen LogP contribution in [0.4, 0.5) is 0 Å². The zero-order chi connectivity index (χ0) is 11.7. The van der Waals surface area contributed by atoms with Crippen molar-refractivity contribution in [1.29, 1.82) is 0 Å². The van der Waals surface area contributed by atoms with Crippen LogP contribution in [0.15, 0.2) is 0 Å². The van der Waals surface area contributed by atoms with Crippen molar-refractivity contribution in [2.75, 3.05) is 6.61 Å². The molecule has 0 amide bonds. The minimum Gasteiger partial charge on any atom is -0.466 e. The molecule has 5 atom stereocenters. The Bertz CT molecular complexity index is 264. The zero-order valence-electron chi connectivity index (χ0n) is 10.4. The molecule has 92 valence electrons. The lowest BCUT2D eigenvalue weighted by molar-refractivity contribution is -0.153. The normalized spacial score (nSPS) is 42.8. The van der Waals surface area contributed by atoms with E-state index < -0.39 is 0 Å². The lowest BCUT2D eigenvalue weighted by atomic mass is 9.72. The predicted octanol–water partition coefficient (Wildman–Crippen LogP) is 2.39. The summed E-state index contributed by atoms with van der Waals surface area (Å²) in [7, 11) is 0. The summed E-state index contributed by atoms with van der Waals surface area (Å²) < 4.78 is 11.1. The van der Waals surface area contributed by atoms with E-state index in [0.717, 1.165) is 19.3 Å². The van der Waals surface area contributed by atoms with Crippen LogP contribution in [-0.4, -0.2) is 24.8 Å². The lowest BCUT2D eigenvalue weighted by Crippen LogP contribution is -2.37. The van der Waals surface area contributed by atoms with Gasteiger partial charge in [0, 0.05) is 5.92 Å². The van der Waals surface area contributed by atoms with Crippen LogP contribution in [0, 0.1) is 17.8 Å². The van der Waals surface area contributed by atoms with Crippen LogP contribution in [0.2, 0.25) is 0 Å². The monoisotopic (exact) mass is 226 g/mol. The van der Waals surface area contributed by atoms with Gasteiger partial charge in [0.05, 0.1) is 24.7 Å². The van der Waals surface area contributed by atoms with Gasteiger partial charge in [-0.05, 0) is 39.0 Å². The number of fused-ring (bicyclic) bond motifs is 1. The van der Waals surface area contributed by atoms with Crippen LogP contribution in [0.25, 0.3) is 0 Å². The Morgan fingerprint density at radius 2 is 2.12 bits per heavy atom. The number of hydrogen-bond donors (Lipinski definition) is 0. The minimum atomic E-state index is -0.0123. The smallest absolute Gasteiger partial charge is 0.309 e. The van der Waals surface area contributed by atoms with Crippen LogP contribution in [-0.2, 0) is 14.3 Å². The molecule has 2 rings (SSSR count). The Hall–Kier alpha value is -0.570. The SMILES string of the molecule is CCOC(=O)[C@@H]1CCC[C@@H]2O[C@H](C)[C@H](C)[C@H]21. The van der Waals surface area contributed by atoms with E-state index in [9.17, 15) is 4.79 Å². The Morgan fingerprint density at radius 3 is 2.81 bits per heavy atom. The zero-order valence-corrected chi connectivity index (χ0v) is 10.4. The van der Waals surface area contributed by atoms with Crippen LogP contribution < -0.4 is 0 Å². The van der Waals surface area contributed by atoms with E-state index in [4.69, 9.17) is 9.47 Å². The van der Waals surface area contributed by atoms with Crippen molar-refractivity contribution in [1.82, 2.24) is 0 Å². The fourth-order valence-electron chi connectivity index (χ4n) is 3.28. The average molecular weight is 226 g/mol. The van der Waals surface area contributed by atoms with Gasteiger partial charge in [0.2, 0.25) is 0 Å². The second-order valence-electron chi connectivity index (χ2n) is 5.11. The summed E-state index contributed by atoms with van der Waals surface area (Å²) in [6.45, 7) is 6.67. The Labute approximate surface area is 97.5 Å². The molecule has 0 bridgehead atoms. The van der Waals surface area contributed by atoms with Crippen LogP contribution in [0.3, 0.4) is 0 Å². The summed E-state index contributed by atoms with van der Waals surface area (Å²) in [5, 5.41) is 0. The van der Waals surface area contributed by atoms with Crippen molar-refractivity contribution in [2.24, 2.45) is 17.8 Å². The quantitative estimate of drug-likeness (QED) is 0.678. The molecule has 1 aliphatic carbocycles. The third-order valence-corrected chi connectivity index (χ3v) is 4.22. The lowest BCUT2D eigenvalue weighted by Gasteiger charge is -2.32. The number of esters is 1. The molecule has 1 saturated heterocycles. The summed E-state index contributed by atoms with van der Waals surface area (Å²) in [5.41, 5.74) is 0. The van der Waals surface area contributed by atoms with Gasteiger partial charge in [-0.15, -0.1) is 0 Å². The van der Waals surface area contributed by atoms with Crippen molar-refractivity contribution in [3.05, 3.63) is 0 Å². The molecule has 1 heterocycles. The summed E-state index contributed by atoms with van der Waals surface area (Å²) in [4.78, 5) is 11.9. The van der Waals surface area contributed by atoms with Crippen molar-refractivity contribution in [2.45, 2.75) is 52.2 Å². The summed E-state index contributed by atoms with van der Waals surface area (Å²) in [6, 6.07) is 0. The van der Waals surface area contributed by atoms with Gasteiger partial charge in [-0.1, -0.05) is 6.92 Å².